The molecule has 1 heterocycles. The summed E-state index contributed by atoms with van der Waals surface area (Å²) < 4.78 is 0. The third-order valence-electron chi connectivity index (χ3n) is 2.71. The quantitative estimate of drug-likeness (QED) is 0.672. The van der Waals surface area contributed by atoms with Crippen molar-refractivity contribution in [3.63, 3.8) is 0 Å². The van der Waals surface area contributed by atoms with E-state index in [1.807, 2.05) is 4.90 Å². The maximum absolute atomic E-state index is 11.7. The standard InChI is InChI=1S/C10H21N3O/c1-2-12(8-5-11)9-10(14)13-6-3-4-7-13/h2-9,11H2,1H3. The highest BCUT2D eigenvalue weighted by atomic mass is 16.2. The zero-order valence-corrected chi connectivity index (χ0v) is 9.04. The molecule has 1 aliphatic heterocycles. The molecule has 1 fully saturated rings. The Balaban J connectivity index is 2.29. The third kappa shape index (κ3) is 3.27. The van der Waals surface area contributed by atoms with Crippen LogP contribution in [0.25, 0.3) is 0 Å². The molecule has 0 aromatic carbocycles. The van der Waals surface area contributed by atoms with E-state index in [2.05, 4.69) is 11.8 Å². The normalized spacial score (nSPS) is 16.6. The molecule has 0 aromatic heterocycles. The monoisotopic (exact) mass is 199 g/mol. The second kappa shape index (κ2) is 5.98. The van der Waals surface area contributed by atoms with Crippen molar-refractivity contribution in [2.75, 3.05) is 39.3 Å². The van der Waals surface area contributed by atoms with Gasteiger partial charge in [-0.1, -0.05) is 6.92 Å². The molecule has 0 spiro atoms. The predicted octanol–water partition coefficient (Wildman–Crippen LogP) is -0.111. The molecule has 4 nitrogen and oxygen atoms in total. The SMILES string of the molecule is CCN(CCN)CC(=O)N1CCCC1. The first-order valence-electron chi connectivity index (χ1n) is 5.48. The Morgan fingerprint density at radius 3 is 2.57 bits per heavy atom. The molecule has 0 aromatic rings. The fraction of sp³-hybridized carbons (Fsp3) is 0.900. The summed E-state index contributed by atoms with van der Waals surface area (Å²) in [6.45, 7) is 6.83. The van der Waals surface area contributed by atoms with Crippen molar-refractivity contribution in [2.24, 2.45) is 5.73 Å². The van der Waals surface area contributed by atoms with Gasteiger partial charge in [-0.3, -0.25) is 9.69 Å². The summed E-state index contributed by atoms with van der Waals surface area (Å²) in [4.78, 5) is 15.8. The number of likely N-dealkylation sites (tertiary alicyclic amines) is 1. The predicted molar refractivity (Wildman–Crippen MR) is 57.0 cm³/mol. The van der Waals surface area contributed by atoms with E-state index >= 15 is 0 Å². The summed E-state index contributed by atoms with van der Waals surface area (Å²) in [6, 6.07) is 0. The highest BCUT2D eigenvalue weighted by Gasteiger charge is 2.19. The largest absolute Gasteiger partial charge is 0.342 e. The number of hydrogen-bond donors (Lipinski definition) is 1. The van der Waals surface area contributed by atoms with Gasteiger partial charge in [0, 0.05) is 26.2 Å². The van der Waals surface area contributed by atoms with Gasteiger partial charge in [-0.05, 0) is 19.4 Å². The van der Waals surface area contributed by atoms with Crippen LogP contribution < -0.4 is 5.73 Å². The number of amides is 1. The number of carbonyl (C=O) groups excluding carboxylic acids is 1. The second-order valence-corrected chi connectivity index (χ2v) is 3.75. The van der Waals surface area contributed by atoms with Crippen molar-refractivity contribution in [1.29, 1.82) is 0 Å². The van der Waals surface area contributed by atoms with Crippen molar-refractivity contribution < 1.29 is 4.79 Å². The third-order valence-corrected chi connectivity index (χ3v) is 2.71. The lowest BCUT2D eigenvalue weighted by molar-refractivity contribution is -0.131. The number of nitrogens with two attached hydrogens (primary N) is 1. The van der Waals surface area contributed by atoms with Crippen LogP contribution in [0.5, 0.6) is 0 Å². The van der Waals surface area contributed by atoms with Crippen LogP contribution in [0.4, 0.5) is 0 Å². The average molecular weight is 199 g/mol. The van der Waals surface area contributed by atoms with Gasteiger partial charge < -0.3 is 10.6 Å². The van der Waals surface area contributed by atoms with E-state index in [4.69, 9.17) is 5.73 Å². The van der Waals surface area contributed by atoms with Crippen molar-refractivity contribution >= 4 is 5.91 Å². The molecule has 14 heavy (non-hydrogen) atoms. The van der Waals surface area contributed by atoms with E-state index in [1.54, 1.807) is 0 Å². The summed E-state index contributed by atoms with van der Waals surface area (Å²) in [5, 5.41) is 0. The molecular formula is C10H21N3O. The number of likely N-dealkylation sites (N-methyl/N-ethyl adjacent to an activating group) is 1. The first kappa shape index (κ1) is 11.5. The number of rotatable bonds is 5. The summed E-state index contributed by atoms with van der Waals surface area (Å²) >= 11 is 0. The average Bonchev–Trinajstić information content (AvgIpc) is 2.69. The zero-order valence-electron chi connectivity index (χ0n) is 9.04. The molecule has 1 saturated heterocycles. The van der Waals surface area contributed by atoms with Gasteiger partial charge >= 0.3 is 0 Å². The fourth-order valence-electron chi connectivity index (χ4n) is 1.79. The number of hydrogen-bond acceptors (Lipinski definition) is 3. The van der Waals surface area contributed by atoms with E-state index in [9.17, 15) is 4.79 Å². The summed E-state index contributed by atoms with van der Waals surface area (Å²) in [5.74, 6) is 0.262. The molecule has 0 saturated carbocycles. The topological polar surface area (TPSA) is 49.6 Å². The molecule has 1 rings (SSSR count). The molecule has 1 aliphatic rings. The van der Waals surface area contributed by atoms with Crippen molar-refractivity contribution in [1.82, 2.24) is 9.80 Å². The van der Waals surface area contributed by atoms with Crippen molar-refractivity contribution in [3.8, 4) is 0 Å². The van der Waals surface area contributed by atoms with Crippen LogP contribution in [0.3, 0.4) is 0 Å². The lowest BCUT2D eigenvalue weighted by Crippen LogP contribution is -2.40. The molecule has 4 heteroatoms. The van der Waals surface area contributed by atoms with Gasteiger partial charge in [-0.25, -0.2) is 0 Å². The Kier molecular flexibility index (Phi) is 4.90. The van der Waals surface area contributed by atoms with Crippen LogP contribution >= 0.6 is 0 Å². The number of carbonyl (C=O) groups is 1. The molecule has 1 amide bonds. The van der Waals surface area contributed by atoms with Gasteiger partial charge in [0.2, 0.25) is 5.91 Å². The van der Waals surface area contributed by atoms with Crippen LogP contribution in [-0.2, 0) is 4.79 Å². The first-order valence-corrected chi connectivity index (χ1v) is 5.48. The van der Waals surface area contributed by atoms with Crippen LogP contribution in [0.15, 0.2) is 0 Å². The van der Waals surface area contributed by atoms with Gasteiger partial charge in [-0.15, -0.1) is 0 Å². The van der Waals surface area contributed by atoms with Gasteiger partial charge in [0.15, 0.2) is 0 Å². The summed E-state index contributed by atoms with van der Waals surface area (Å²) in [7, 11) is 0. The lowest BCUT2D eigenvalue weighted by atomic mass is 10.4. The molecule has 2 N–H and O–H groups in total. The van der Waals surface area contributed by atoms with Crippen LogP contribution in [0.1, 0.15) is 19.8 Å². The maximum atomic E-state index is 11.7. The van der Waals surface area contributed by atoms with Crippen LogP contribution in [0.2, 0.25) is 0 Å². The minimum absolute atomic E-state index is 0.262. The summed E-state index contributed by atoms with van der Waals surface area (Å²) in [6.07, 6.45) is 2.32. The minimum atomic E-state index is 0.262. The smallest absolute Gasteiger partial charge is 0.236 e. The van der Waals surface area contributed by atoms with Crippen LogP contribution in [-0.4, -0.2) is 55.0 Å². The van der Waals surface area contributed by atoms with E-state index < -0.39 is 0 Å². The fourth-order valence-corrected chi connectivity index (χ4v) is 1.79. The molecule has 0 unspecified atom stereocenters. The first-order chi connectivity index (χ1) is 6.77. The van der Waals surface area contributed by atoms with E-state index in [-0.39, 0.29) is 5.91 Å². The maximum Gasteiger partial charge on any atom is 0.236 e. The van der Waals surface area contributed by atoms with Crippen LogP contribution in [0, 0.1) is 0 Å². The van der Waals surface area contributed by atoms with Gasteiger partial charge in [-0.2, -0.15) is 0 Å². The Morgan fingerprint density at radius 2 is 2.07 bits per heavy atom. The zero-order chi connectivity index (χ0) is 10.4. The van der Waals surface area contributed by atoms with Crippen molar-refractivity contribution in [2.45, 2.75) is 19.8 Å². The Morgan fingerprint density at radius 1 is 1.43 bits per heavy atom. The molecule has 0 atom stereocenters. The number of nitrogens with zero attached hydrogens (tertiary/aromatic N) is 2. The highest BCUT2D eigenvalue weighted by Crippen LogP contribution is 2.07. The summed E-state index contributed by atoms with van der Waals surface area (Å²) in [5.41, 5.74) is 5.47. The Bertz CT molecular complexity index is 178. The molecule has 0 bridgehead atoms. The van der Waals surface area contributed by atoms with Gasteiger partial charge in [0.25, 0.3) is 0 Å². The lowest BCUT2D eigenvalue weighted by Gasteiger charge is -2.22. The van der Waals surface area contributed by atoms with Gasteiger partial charge in [0.1, 0.15) is 0 Å². The minimum Gasteiger partial charge on any atom is -0.342 e. The van der Waals surface area contributed by atoms with Gasteiger partial charge in [0.05, 0.1) is 6.54 Å². The van der Waals surface area contributed by atoms with E-state index in [0.717, 1.165) is 39.0 Å². The Hall–Kier alpha value is -0.610. The molecule has 0 radical (unpaired) electrons. The van der Waals surface area contributed by atoms with Crippen molar-refractivity contribution in [3.05, 3.63) is 0 Å². The highest BCUT2D eigenvalue weighted by molar-refractivity contribution is 5.78. The molecular weight excluding hydrogens is 178 g/mol. The molecule has 82 valence electrons. The Labute approximate surface area is 86.0 Å². The van der Waals surface area contributed by atoms with E-state index in [1.165, 1.54) is 0 Å². The molecule has 0 aliphatic carbocycles. The van der Waals surface area contributed by atoms with E-state index in [0.29, 0.717) is 13.1 Å². The second-order valence-electron chi connectivity index (χ2n) is 3.75.